The molecule has 0 rings (SSSR count). The summed E-state index contributed by atoms with van der Waals surface area (Å²) in [5, 5.41) is 0. The number of esters is 2. The lowest BCUT2D eigenvalue weighted by atomic mass is 10.0. The predicted octanol–water partition coefficient (Wildman–Crippen LogP) is 6.94. The minimum Gasteiger partial charge on any atom is -1.00 e. The maximum atomic E-state index is 12.5. The number of quaternary nitrogens is 1. The van der Waals surface area contributed by atoms with Crippen molar-refractivity contribution < 1.29 is 36.0 Å². The molecule has 0 fully saturated rings. The Balaban J connectivity index is 0. The molecule has 0 N–H and O–H groups in total. The van der Waals surface area contributed by atoms with Gasteiger partial charge in [0, 0.05) is 6.42 Å². The molecule has 0 saturated carbocycles. The van der Waals surface area contributed by atoms with Gasteiger partial charge >= 0.3 is 11.9 Å². The van der Waals surface area contributed by atoms with Crippen LogP contribution in [-0.2, 0) is 19.1 Å². The summed E-state index contributed by atoms with van der Waals surface area (Å²) in [6.07, 6.45) is 29.5. The lowest BCUT2D eigenvalue weighted by Gasteiger charge is -2.28. The van der Waals surface area contributed by atoms with Crippen molar-refractivity contribution in [3.05, 3.63) is 0 Å². The Morgan fingerprint density at radius 2 is 0.902 bits per heavy atom. The van der Waals surface area contributed by atoms with Crippen molar-refractivity contribution in [2.45, 2.75) is 180 Å². The largest absolute Gasteiger partial charge is 1.00 e. The summed E-state index contributed by atoms with van der Waals surface area (Å²) >= 11 is 0. The summed E-state index contributed by atoms with van der Waals surface area (Å²) in [6, 6.07) is 0. The van der Waals surface area contributed by atoms with Gasteiger partial charge in [-0.15, -0.1) is 0 Å². The topological polar surface area (TPSA) is 52.6 Å². The average Bonchev–Trinajstić information content (AvgIpc) is 2.89. The van der Waals surface area contributed by atoms with E-state index >= 15 is 0 Å². The standard InChI is InChI=1S/C35H70NO4.ClH/c1-6-8-10-12-14-16-18-19-21-23-25-27-29-34(37)40-33(32-36(3,4)5)31-35(38)39-30-28-26-24-22-20-17-15-13-11-9-7-2;/h33H,6-32H2,1-5H3;1H/q+1;/p-1. The third-order valence-electron chi connectivity index (χ3n) is 7.69. The van der Waals surface area contributed by atoms with Gasteiger partial charge in [-0.1, -0.05) is 149 Å². The molecule has 1 atom stereocenters. The van der Waals surface area contributed by atoms with Crippen LogP contribution in [0.2, 0.25) is 0 Å². The van der Waals surface area contributed by atoms with Crippen LogP contribution in [0.4, 0.5) is 0 Å². The molecule has 0 aliphatic heterocycles. The molecular weight excluding hydrogens is 534 g/mol. The number of unbranched alkanes of at least 4 members (excludes halogenated alkanes) is 21. The van der Waals surface area contributed by atoms with Crippen molar-refractivity contribution in [3.8, 4) is 0 Å². The first-order chi connectivity index (χ1) is 19.3. The van der Waals surface area contributed by atoms with Crippen LogP contribution in [0.15, 0.2) is 0 Å². The van der Waals surface area contributed by atoms with Crippen LogP contribution >= 0.6 is 0 Å². The van der Waals surface area contributed by atoms with Gasteiger partial charge in [0.2, 0.25) is 0 Å². The zero-order valence-corrected chi connectivity index (χ0v) is 28.9. The first-order valence-electron chi connectivity index (χ1n) is 17.4. The summed E-state index contributed by atoms with van der Waals surface area (Å²) in [6.45, 7) is 5.61. The van der Waals surface area contributed by atoms with Crippen molar-refractivity contribution in [3.63, 3.8) is 0 Å². The molecule has 0 bridgehead atoms. The second-order valence-electron chi connectivity index (χ2n) is 13.2. The van der Waals surface area contributed by atoms with Crippen LogP contribution in [0.1, 0.15) is 174 Å². The van der Waals surface area contributed by atoms with Crippen LogP contribution in [0, 0.1) is 0 Å². The van der Waals surface area contributed by atoms with Gasteiger partial charge < -0.3 is 26.4 Å². The zero-order chi connectivity index (χ0) is 29.7. The first-order valence-corrected chi connectivity index (χ1v) is 17.4. The SMILES string of the molecule is CCCCCCCCCCCCCCC(=O)OC(CC(=O)OCCCCCCCCCCCCC)C[N+](C)(C)C.[Cl-]. The highest BCUT2D eigenvalue weighted by molar-refractivity contribution is 5.72. The Morgan fingerprint density at radius 3 is 1.29 bits per heavy atom. The molecule has 0 amide bonds. The number of carbonyl (C=O) groups is 2. The molecule has 5 nitrogen and oxygen atoms in total. The summed E-state index contributed by atoms with van der Waals surface area (Å²) in [5.74, 6) is -0.424. The molecule has 0 aliphatic rings. The molecule has 0 spiro atoms. The van der Waals surface area contributed by atoms with E-state index < -0.39 is 6.10 Å². The van der Waals surface area contributed by atoms with Gasteiger partial charge in [0.1, 0.15) is 6.54 Å². The van der Waals surface area contributed by atoms with Crippen LogP contribution in [0.25, 0.3) is 0 Å². The van der Waals surface area contributed by atoms with Crippen LogP contribution in [0.5, 0.6) is 0 Å². The summed E-state index contributed by atoms with van der Waals surface area (Å²) in [4.78, 5) is 24.9. The smallest absolute Gasteiger partial charge is 0.309 e. The molecule has 246 valence electrons. The Kier molecular flexibility index (Phi) is 31.6. The number of halogens is 1. The van der Waals surface area contributed by atoms with Crippen molar-refractivity contribution in [1.29, 1.82) is 0 Å². The van der Waals surface area contributed by atoms with E-state index in [1.54, 1.807) is 0 Å². The van der Waals surface area contributed by atoms with Crippen LogP contribution in [0.3, 0.4) is 0 Å². The van der Waals surface area contributed by atoms with E-state index in [-0.39, 0.29) is 30.8 Å². The highest BCUT2D eigenvalue weighted by Crippen LogP contribution is 2.15. The number of carbonyl (C=O) groups excluding carboxylic acids is 2. The Hall–Kier alpha value is -0.810. The van der Waals surface area contributed by atoms with Crippen molar-refractivity contribution in [2.75, 3.05) is 34.3 Å². The van der Waals surface area contributed by atoms with Crippen LogP contribution < -0.4 is 12.4 Å². The van der Waals surface area contributed by atoms with E-state index in [1.807, 2.05) is 0 Å². The summed E-state index contributed by atoms with van der Waals surface area (Å²) in [5.41, 5.74) is 0. The van der Waals surface area contributed by atoms with Gasteiger partial charge in [-0.25, -0.2) is 0 Å². The fourth-order valence-corrected chi connectivity index (χ4v) is 5.31. The molecule has 0 radical (unpaired) electrons. The van der Waals surface area contributed by atoms with Crippen molar-refractivity contribution in [2.24, 2.45) is 0 Å². The second-order valence-corrected chi connectivity index (χ2v) is 13.2. The monoisotopic (exact) mass is 603 g/mol. The van der Waals surface area contributed by atoms with Gasteiger partial charge in [-0.2, -0.15) is 0 Å². The van der Waals surface area contributed by atoms with E-state index in [1.165, 1.54) is 122 Å². The van der Waals surface area contributed by atoms with Gasteiger partial charge in [0.15, 0.2) is 6.10 Å². The maximum Gasteiger partial charge on any atom is 0.309 e. The third-order valence-corrected chi connectivity index (χ3v) is 7.69. The quantitative estimate of drug-likeness (QED) is 0.0507. The minimum atomic E-state index is -0.422. The molecule has 1 unspecified atom stereocenters. The van der Waals surface area contributed by atoms with Crippen molar-refractivity contribution in [1.82, 2.24) is 0 Å². The third kappa shape index (κ3) is 33.6. The van der Waals surface area contributed by atoms with E-state index in [4.69, 9.17) is 9.47 Å². The molecule has 0 aromatic carbocycles. The molecular formula is C35H70ClNO4. The zero-order valence-electron chi connectivity index (χ0n) is 28.1. The lowest BCUT2D eigenvalue weighted by Crippen LogP contribution is -3.00. The van der Waals surface area contributed by atoms with Gasteiger partial charge in [0.05, 0.1) is 34.2 Å². The number of ether oxygens (including phenoxy) is 2. The molecule has 0 aromatic heterocycles. The maximum absolute atomic E-state index is 12.5. The predicted molar refractivity (Wildman–Crippen MR) is 171 cm³/mol. The lowest BCUT2D eigenvalue weighted by molar-refractivity contribution is -0.873. The van der Waals surface area contributed by atoms with Crippen molar-refractivity contribution >= 4 is 11.9 Å². The Bertz CT molecular complexity index is 537. The first kappa shape index (κ1) is 42.3. The van der Waals surface area contributed by atoms with E-state index in [9.17, 15) is 9.59 Å². The highest BCUT2D eigenvalue weighted by atomic mass is 35.5. The molecule has 41 heavy (non-hydrogen) atoms. The number of likely N-dealkylation sites (N-methyl/N-ethyl adjacent to an activating group) is 1. The fraction of sp³-hybridized carbons (Fsp3) is 0.943. The molecule has 0 saturated heterocycles. The average molecular weight is 604 g/mol. The summed E-state index contributed by atoms with van der Waals surface area (Å²) < 4.78 is 11.9. The van der Waals surface area contributed by atoms with Gasteiger partial charge in [0.25, 0.3) is 0 Å². The molecule has 0 aromatic rings. The molecule has 6 heteroatoms. The number of rotatable bonds is 30. The summed E-state index contributed by atoms with van der Waals surface area (Å²) in [7, 11) is 6.17. The number of hydrogen-bond acceptors (Lipinski definition) is 4. The Labute approximate surface area is 262 Å². The van der Waals surface area contributed by atoms with Crippen LogP contribution in [-0.4, -0.2) is 56.8 Å². The fourth-order valence-electron chi connectivity index (χ4n) is 5.31. The van der Waals surface area contributed by atoms with E-state index in [0.717, 1.165) is 25.7 Å². The number of nitrogens with zero attached hydrogens (tertiary/aromatic N) is 1. The number of hydrogen-bond donors (Lipinski definition) is 0. The molecule has 0 heterocycles. The Morgan fingerprint density at radius 1 is 0.537 bits per heavy atom. The molecule has 0 aliphatic carbocycles. The van der Waals surface area contributed by atoms with E-state index in [2.05, 4.69) is 35.0 Å². The normalized spacial score (nSPS) is 12.1. The highest BCUT2D eigenvalue weighted by Gasteiger charge is 2.25. The van der Waals surface area contributed by atoms with Gasteiger partial charge in [-0.3, -0.25) is 9.59 Å². The van der Waals surface area contributed by atoms with E-state index in [0.29, 0.717) is 24.1 Å². The minimum absolute atomic E-state index is 0. The van der Waals surface area contributed by atoms with Gasteiger partial charge in [-0.05, 0) is 12.8 Å². The second kappa shape index (κ2) is 30.6.